The van der Waals surface area contributed by atoms with Gasteiger partial charge < -0.3 is 20.5 Å². The summed E-state index contributed by atoms with van der Waals surface area (Å²) in [6.07, 6.45) is -0.361. The molecule has 0 fully saturated rings. The number of carboxylic acids is 1. The van der Waals surface area contributed by atoms with Crippen molar-refractivity contribution in [1.82, 2.24) is 10.6 Å². The molecule has 0 aliphatic carbocycles. The van der Waals surface area contributed by atoms with Crippen LogP contribution in [0.3, 0.4) is 0 Å². The Morgan fingerprint density at radius 1 is 1.18 bits per heavy atom. The molecule has 0 aliphatic heterocycles. The van der Waals surface area contributed by atoms with Crippen LogP contribution in [0.5, 0.6) is 0 Å². The molecule has 0 radical (unpaired) electrons. The molecule has 0 saturated heterocycles. The van der Waals surface area contributed by atoms with Crippen molar-refractivity contribution in [3.8, 4) is 0 Å². The summed E-state index contributed by atoms with van der Waals surface area (Å²) in [6.45, 7) is 4.46. The van der Waals surface area contributed by atoms with E-state index < -0.39 is 47.6 Å². The number of ether oxygens (including phenoxy) is 1. The van der Waals surface area contributed by atoms with E-state index in [-0.39, 0.29) is 25.0 Å². The van der Waals surface area contributed by atoms with Crippen molar-refractivity contribution in [2.45, 2.75) is 45.7 Å². The first-order valence-electron chi connectivity index (χ1n) is 8.85. The molecule has 1 aromatic carbocycles. The van der Waals surface area contributed by atoms with Gasteiger partial charge in [0.05, 0.1) is 13.0 Å². The highest BCUT2D eigenvalue weighted by molar-refractivity contribution is 5.90. The van der Waals surface area contributed by atoms with E-state index in [0.717, 1.165) is 0 Å². The largest absolute Gasteiger partial charge is 0.480 e. The van der Waals surface area contributed by atoms with E-state index in [4.69, 9.17) is 4.74 Å². The van der Waals surface area contributed by atoms with Crippen LogP contribution < -0.4 is 10.6 Å². The third-order valence-electron chi connectivity index (χ3n) is 4.00. The van der Waals surface area contributed by atoms with E-state index in [1.165, 1.54) is 32.0 Å². The number of nitrogens with one attached hydrogen (secondary N) is 2. The van der Waals surface area contributed by atoms with Crippen LogP contribution in [-0.2, 0) is 30.3 Å². The number of amides is 2. The minimum Gasteiger partial charge on any atom is -0.480 e. The van der Waals surface area contributed by atoms with Crippen molar-refractivity contribution in [1.29, 1.82) is 0 Å². The van der Waals surface area contributed by atoms with Gasteiger partial charge in [0.1, 0.15) is 17.9 Å². The molecule has 0 unspecified atom stereocenters. The van der Waals surface area contributed by atoms with Gasteiger partial charge in [-0.05, 0) is 24.5 Å². The molecule has 8 nitrogen and oxygen atoms in total. The highest BCUT2D eigenvalue weighted by Gasteiger charge is 2.31. The monoisotopic (exact) mass is 396 g/mol. The molecule has 28 heavy (non-hydrogen) atoms. The van der Waals surface area contributed by atoms with Crippen LogP contribution in [0.15, 0.2) is 24.3 Å². The summed E-state index contributed by atoms with van der Waals surface area (Å²) in [5.41, 5.74) is 0.197. The predicted octanol–water partition coefficient (Wildman–Crippen LogP) is 1.03. The number of aliphatic carboxylic acids is 1. The third-order valence-corrected chi connectivity index (χ3v) is 4.00. The summed E-state index contributed by atoms with van der Waals surface area (Å²) >= 11 is 0. The minimum absolute atomic E-state index is 0.156. The lowest BCUT2D eigenvalue weighted by molar-refractivity contribution is -0.147. The van der Waals surface area contributed by atoms with Crippen LogP contribution in [0.25, 0.3) is 0 Å². The van der Waals surface area contributed by atoms with Crippen molar-refractivity contribution < 1.29 is 33.4 Å². The Hall–Kier alpha value is -2.97. The smallest absolute Gasteiger partial charge is 0.326 e. The van der Waals surface area contributed by atoms with Gasteiger partial charge in [-0.3, -0.25) is 14.4 Å². The fourth-order valence-electron chi connectivity index (χ4n) is 2.64. The van der Waals surface area contributed by atoms with Crippen molar-refractivity contribution in [3.63, 3.8) is 0 Å². The lowest BCUT2D eigenvalue weighted by Gasteiger charge is -2.24. The van der Waals surface area contributed by atoms with Crippen molar-refractivity contribution >= 4 is 23.8 Å². The van der Waals surface area contributed by atoms with E-state index in [1.807, 2.05) is 0 Å². The Bertz CT molecular complexity index is 724. The number of carbonyl (C=O) groups excluding carboxylic acids is 3. The molecule has 0 aromatic heterocycles. The first kappa shape index (κ1) is 23.1. The van der Waals surface area contributed by atoms with E-state index in [1.54, 1.807) is 13.0 Å². The van der Waals surface area contributed by atoms with Crippen molar-refractivity contribution in [2.75, 3.05) is 6.61 Å². The predicted molar refractivity (Wildman–Crippen MR) is 97.7 cm³/mol. The fraction of sp³-hybridized carbons (Fsp3) is 0.474. The highest BCUT2D eigenvalue weighted by atomic mass is 19.1. The van der Waals surface area contributed by atoms with Gasteiger partial charge >= 0.3 is 11.9 Å². The number of halogens is 1. The van der Waals surface area contributed by atoms with Gasteiger partial charge in [-0.1, -0.05) is 25.1 Å². The second kappa shape index (κ2) is 11.0. The molecule has 0 bridgehead atoms. The van der Waals surface area contributed by atoms with Gasteiger partial charge in [0.2, 0.25) is 11.8 Å². The number of benzene rings is 1. The summed E-state index contributed by atoms with van der Waals surface area (Å²) in [4.78, 5) is 47.2. The zero-order valence-electron chi connectivity index (χ0n) is 16.0. The highest BCUT2D eigenvalue weighted by Crippen LogP contribution is 2.13. The Labute approximate surface area is 162 Å². The molecule has 3 N–H and O–H groups in total. The fourth-order valence-corrected chi connectivity index (χ4v) is 2.64. The third kappa shape index (κ3) is 7.34. The molecule has 0 spiro atoms. The van der Waals surface area contributed by atoms with Gasteiger partial charge in [-0.15, -0.1) is 0 Å². The van der Waals surface area contributed by atoms with Crippen LogP contribution in [0.4, 0.5) is 4.39 Å². The van der Waals surface area contributed by atoms with E-state index in [2.05, 4.69) is 10.6 Å². The number of hydrogen-bond acceptors (Lipinski definition) is 5. The number of carboxylic acid groups (broad SMARTS) is 1. The Balaban J connectivity index is 2.93. The Kier molecular flexibility index (Phi) is 9.07. The zero-order valence-corrected chi connectivity index (χ0v) is 16.0. The molecule has 0 heterocycles. The van der Waals surface area contributed by atoms with Crippen LogP contribution in [0.1, 0.15) is 32.8 Å². The summed E-state index contributed by atoms with van der Waals surface area (Å²) < 4.78 is 18.7. The maximum Gasteiger partial charge on any atom is 0.326 e. The van der Waals surface area contributed by atoms with Gasteiger partial charge in [-0.2, -0.15) is 0 Å². The Morgan fingerprint density at radius 3 is 2.36 bits per heavy atom. The second-order valence-corrected chi connectivity index (χ2v) is 6.36. The van der Waals surface area contributed by atoms with Crippen molar-refractivity contribution in [2.24, 2.45) is 5.92 Å². The van der Waals surface area contributed by atoms with Crippen LogP contribution in [0.2, 0.25) is 0 Å². The average Bonchev–Trinajstić information content (AvgIpc) is 2.60. The van der Waals surface area contributed by atoms with Gasteiger partial charge in [0.25, 0.3) is 0 Å². The molecule has 9 heteroatoms. The SMILES string of the molecule is CCOC(=O)C[C@H](C)[C@@H](NC(=O)[C@@H](Cc1ccccc1F)NC(C)=O)C(=O)O. The molecule has 154 valence electrons. The van der Waals surface area contributed by atoms with E-state index in [9.17, 15) is 28.7 Å². The molecule has 3 atom stereocenters. The van der Waals surface area contributed by atoms with Crippen LogP contribution >= 0.6 is 0 Å². The number of rotatable bonds is 10. The molecular formula is C19H25FN2O6. The topological polar surface area (TPSA) is 122 Å². The summed E-state index contributed by atoms with van der Waals surface area (Å²) in [6, 6.07) is 3.21. The van der Waals surface area contributed by atoms with Gasteiger partial charge in [0, 0.05) is 13.3 Å². The van der Waals surface area contributed by atoms with Crippen LogP contribution in [-0.4, -0.2) is 47.6 Å². The molecule has 0 saturated carbocycles. The molecule has 1 aromatic rings. The maximum absolute atomic E-state index is 13.9. The lowest BCUT2D eigenvalue weighted by atomic mass is 9.97. The van der Waals surface area contributed by atoms with Gasteiger partial charge in [0.15, 0.2) is 0 Å². The summed E-state index contributed by atoms with van der Waals surface area (Å²) in [5.74, 6) is -4.54. The molecule has 2 amide bonds. The first-order valence-corrected chi connectivity index (χ1v) is 8.85. The van der Waals surface area contributed by atoms with Crippen LogP contribution in [0, 0.1) is 11.7 Å². The molecule has 0 aliphatic rings. The summed E-state index contributed by atoms with van der Waals surface area (Å²) in [5, 5.41) is 14.1. The molecule has 1 rings (SSSR count). The number of carbonyl (C=O) groups is 4. The minimum atomic E-state index is -1.38. The number of hydrogen-bond donors (Lipinski definition) is 3. The quantitative estimate of drug-likeness (QED) is 0.508. The number of esters is 1. The molecular weight excluding hydrogens is 371 g/mol. The van der Waals surface area contributed by atoms with Gasteiger partial charge in [-0.25, -0.2) is 9.18 Å². The average molecular weight is 396 g/mol. The van der Waals surface area contributed by atoms with Crippen molar-refractivity contribution in [3.05, 3.63) is 35.6 Å². The second-order valence-electron chi connectivity index (χ2n) is 6.36. The lowest BCUT2D eigenvalue weighted by Crippen LogP contribution is -2.54. The van der Waals surface area contributed by atoms with E-state index >= 15 is 0 Å². The zero-order chi connectivity index (χ0) is 21.3. The Morgan fingerprint density at radius 2 is 1.82 bits per heavy atom. The standard InChI is InChI=1S/C19H25FN2O6/c1-4-28-16(24)9-11(2)17(19(26)27)22-18(25)15(21-12(3)23)10-13-7-5-6-8-14(13)20/h5-8,11,15,17H,4,9-10H2,1-3H3,(H,21,23)(H,22,25)(H,26,27)/t11-,15+,17+/m0/s1. The summed E-state index contributed by atoms with van der Waals surface area (Å²) in [7, 11) is 0. The first-order chi connectivity index (χ1) is 13.1. The van der Waals surface area contributed by atoms with E-state index in [0.29, 0.717) is 0 Å². The normalized spacial score (nSPS) is 13.7. The maximum atomic E-state index is 13.9.